The third-order valence-electron chi connectivity index (χ3n) is 4.06. The highest BCUT2D eigenvalue weighted by Gasteiger charge is 2.27. The number of rotatable bonds is 5. The van der Waals surface area contributed by atoms with Crippen LogP contribution in [0.2, 0.25) is 0 Å². The lowest BCUT2D eigenvalue weighted by molar-refractivity contribution is -0.131. The number of hydrogen-bond acceptors (Lipinski definition) is 4. The van der Waals surface area contributed by atoms with Crippen LogP contribution in [0.25, 0.3) is 0 Å². The average Bonchev–Trinajstić information content (AvgIpc) is 3.02. The van der Waals surface area contributed by atoms with Crippen LogP contribution >= 0.6 is 11.8 Å². The van der Waals surface area contributed by atoms with Crippen molar-refractivity contribution in [3.8, 4) is 0 Å². The highest BCUT2D eigenvalue weighted by molar-refractivity contribution is 7.99. The first kappa shape index (κ1) is 16.1. The van der Waals surface area contributed by atoms with Crippen molar-refractivity contribution < 1.29 is 9.32 Å². The Bertz CT molecular complexity index is 635. The van der Waals surface area contributed by atoms with Crippen LogP contribution in [0.4, 0.5) is 0 Å². The summed E-state index contributed by atoms with van der Waals surface area (Å²) in [7, 11) is 0. The van der Waals surface area contributed by atoms with E-state index in [0.29, 0.717) is 5.75 Å². The van der Waals surface area contributed by atoms with Crippen LogP contribution in [0.1, 0.15) is 41.5 Å². The van der Waals surface area contributed by atoms with Gasteiger partial charge in [-0.2, -0.15) is 0 Å². The zero-order valence-corrected chi connectivity index (χ0v) is 14.2. The molecule has 1 aliphatic heterocycles. The summed E-state index contributed by atoms with van der Waals surface area (Å²) in [6, 6.07) is 12.0. The molecule has 0 bridgehead atoms. The van der Waals surface area contributed by atoms with Crippen molar-refractivity contribution in [3.05, 3.63) is 53.4 Å². The second kappa shape index (κ2) is 7.68. The molecule has 0 saturated carbocycles. The highest BCUT2D eigenvalue weighted by atomic mass is 32.2. The monoisotopic (exact) mass is 330 g/mol. The minimum absolute atomic E-state index is 0.181. The molecule has 1 aromatic carbocycles. The molecular formula is C18H22N2O2S. The van der Waals surface area contributed by atoms with Gasteiger partial charge in [-0.25, -0.2) is 0 Å². The van der Waals surface area contributed by atoms with Gasteiger partial charge >= 0.3 is 0 Å². The molecule has 3 rings (SSSR count). The molecule has 122 valence electrons. The Balaban J connectivity index is 1.74. The van der Waals surface area contributed by atoms with Gasteiger partial charge in [0.15, 0.2) is 0 Å². The number of amides is 1. The molecule has 5 heteroatoms. The lowest BCUT2D eigenvalue weighted by Crippen LogP contribution is -2.38. The van der Waals surface area contributed by atoms with Gasteiger partial charge < -0.3 is 9.42 Å². The maximum Gasteiger partial charge on any atom is 0.240 e. The van der Waals surface area contributed by atoms with Crippen LogP contribution in [0.3, 0.4) is 0 Å². The number of carbonyl (C=O) groups excluding carboxylic acids is 1. The Kier molecular flexibility index (Phi) is 5.39. The van der Waals surface area contributed by atoms with Crippen molar-refractivity contribution in [1.29, 1.82) is 0 Å². The summed E-state index contributed by atoms with van der Waals surface area (Å²) in [6.07, 6.45) is 3.45. The van der Waals surface area contributed by atoms with Crippen molar-refractivity contribution in [3.63, 3.8) is 0 Å². The molecule has 0 spiro atoms. The SMILES string of the molecule is Cc1cc(CSC(C(=O)N2CCCCC2)c2ccccc2)on1. The van der Waals surface area contributed by atoms with Gasteiger partial charge in [-0.15, -0.1) is 11.8 Å². The fraction of sp³-hybridized carbons (Fsp3) is 0.444. The molecule has 1 saturated heterocycles. The predicted octanol–water partition coefficient (Wildman–Crippen LogP) is 3.97. The third-order valence-corrected chi connectivity index (χ3v) is 5.32. The number of piperidine rings is 1. The van der Waals surface area contributed by atoms with E-state index >= 15 is 0 Å². The van der Waals surface area contributed by atoms with Crippen molar-refractivity contribution in [2.24, 2.45) is 0 Å². The van der Waals surface area contributed by atoms with Crippen molar-refractivity contribution in [1.82, 2.24) is 10.1 Å². The smallest absolute Gasteiger partial charge is 0.240 e. The van der Waals surface area contributed by atoms with Gasteiger partial charge in [0.2, 0.25) is 5.91 Å². The average molecular weight is 330 g/mol. The van der Waals surface area contributed by atoms with Gasteiger partial charge in [0.25, 0.3) is 0 Å². The second-order valence-corrected chi connectivity index (χ2v) is 7.02. The number of aryl methyl sites for hydroxylation is 1. The standard InChI is InChI=1S/C18H22N2O2S/c1-14-12-16(22-19-14)13-23-17(15-8-4-2-5-9-15)18(21)20-10-6-3-7-11-20/h2,4-5,8-9,12,17H,3,6-7,10-11,13H2,1H3. The predicted molar refractivity (Wildman–Crippen MR) is 92.1 cm³/mol. The quantitative estimate of drug-likeness (QED) is 0.832. The van der Waals surface area contributed by atoms with Crippen LogP contribution in [0.15, 0.2) is 40.9 Å². The summed E-state index contributed by atoms with van der Waals surface area (Å²) in [5.74, 6) is 1.69. The Morgan fingerprint density at radius 2 is 2.00 bits per heavy atom. The summed E-state index contributed by atoms with van der Waals surface area (Å²) < 4.78 is 5.28. The molecular weight excluding hydrogens is 308 g/mol. The van der Waals surface area contributed by atoms with E-state index in [1.54, 1.807) is 11.8 Å². The lowest BCUT2D eigenvalue weighted by Gasteiger charge is -2.30. The zero-order valence-electron chi connectivity index (χ0n) is 13.4. The molecule has 2 aromatic rings. The van der Waals surface area contributed by atoms with Crippen LogP contribution in [-0.2, 0) is 10.5 Å². The number of carbonyl (C=O) groups is 1. The maximum atomic E-state index is 13.0. The highest BCUT2D eigenvalue weighted by Crippen LogP contribution is 2.34. The van der Waals surface area contributed by atoms with Crippen molar-refractivity contribution >= 4 is 17.7 Å². The first-order chi connectivity index (χ1) is 11.2. The Labute approximate surface area is 141 Å². The van der Waals surface area contributed by atoms with Crippen LogP contribution in [-0.4, -0.2) is 29.1 Å². The molecule has 1 fully saturated rings. The van der Waals surface area contributed by atoms with E-state index in [1.807, 2.05) is 48.2 Å². The van der Waals surface area contributed by atoms with Gasteiger partial charge in [-0.1, -0.05) is 35.5 Å². The van der Waals surface area contributed by atoms with E-state index < -0.39 is 0 Å². The molecule has 4 nitrogen and oxygen atoms in total. The molecule has 0 N–H and O–H groups in total. The van der Waals surface area contributed by atoms with E-state index in [2.05, 4.69) is 5.16 Å². The molecule has 1 atom stereocenters. The third kappa shape index (κ3) is 4.16. The van der Waals surface area contributed by atoms with E-state index in [1.165, 1.54) is 6.42 Å². The number of thioether (sulfide) groups is 1. The Hall–Kier alpha value is -1.75. The van der Waals surface area contributed by atoms with E-state index in [0.717, 1.165) is 42.9 Å². The van der Waals surface area contributed by atoms with Crippen LogP contribution in [0.5, 0.6) is 0 Å². The number of likely N-dealkylation sites (tertiary alicyclic amines) is 1. The number of nitrogens with zero attached hydrogens (tertiary/aromatic N) is 2. The second-order valence-electron chi connectivity index (χ2n) is 5.92. The first-order valence-corrected chi connectivity index (χ1v) is 9.16. The van der Waals surface area contributed by atoms with Crippen LogP contribution in [0, 0.1) is 6.92 Å². The van der Waals surface area contributed by atoms with Gasteiger partial charge in [-0.3, -0.25) is 4.79 Å². The summed E-state index contributed by atoms with van der Waals surface area (Å²) in [4.78, 5) is 15.0. The van der Waals surface area contributed by atoms with Crippen molar-refractivity contribution in [2.45, 2.75) is 37.2 Å². The molecule has 2 heterocycles. The largest absolute Gasteiger partial charge is 0.360 e. The van der Waals surface area contributed by atoms with Gasteiger partial charge in [-0.05, 0) is 31.7 Å². The molecule has 0 radical (unpaired) electrons. The summed E-state index contributed by atoms with van der Waals surface area (Å²) >= 11 is 1.62. The summed E-state index contributed by atoms with van der Waals surface area (Å²) in [5, 5.41) is 3.74. The number of hydrogen-bond donors (Lipinski definition) is 0. The normalized spacial score (nSPS) is 16.3. The van der Waals surface area contributed by atoms with E-state index in [9.17, 15) is 4.79 Å². The fourth-order valence-corrected chi connectivity index (χ4v) is 3.98. The van der Waals surface area contributed by atoms with Crippen molar-refractivity contribution in [2.75, 3.05) is 13.1 Å². The topological polar surface area (TPSA) is 46.3 Å². The zero-order chi connectivity index (χ0) is 16.1. The Morgan fingerprint density at radius 1 is 1.26 bits per heavy atom. The van der Waals surface area contributed by atoms with E-state index in [4.69, 9.17) is 4.52 Å². The summed E-state index contributed by atoms with van der Waals surface area (Å²) in [6.45, 7) is 3.67. The van der Waals surface area contributed by atoms with Gasteiger partial charge in [0.05, 0.1) is 11.4 Å². The number of aromatic nitrogens is 1. The lowest BCUT2D eigenvalue weighted by atomic mass is 10.1. The van der Waals surface area contributed by atoms with E-state index in [-0.39, 0.29) is 11.2 Å². The van der Waals surface area contributed by atoms with Gasteiger partial charge in [0.1, 0.15) is 11.0 Å². The molecule has 0 aliphatic carbocycles. The van der Waals surface area contributed by atoms with Gasteiger partial charge in [0, 0.05) is 19.2 Å². The minimum Gasteiger partial charge on any atom is -0.360 e. The molecule has 1 aromatic heterocycles. The Morgan fingerprint density at radius 3 is 2.65 bits per heavy atom. The molecule has 23 heavy (non-hydrogen) atoms. The maximum absolute atomic E-state index is 13.0. The number of benzene rings is 1. The molecule has 1 unspecified atom stereocenters. The fourth-order valence-electron chi connectivity index (χ4n) is 2.87. The summed E-state index contributed by atoms with van der Waals surface area (Å²) in [5.41, 5.74) is 1.93. The minimum atomic E-state index is -0.181. The molecule has 1 aliphatic rings. The first-order valence-electron chi connectivity index (χ1n) is 8.11. The van der Waals surface area contributed by atoms with Crippen LogP contribution < -0.4 is 0 Å². The molecule has 1 amide bonds.